The van der Waals surface area contributed by atoms with Crippen molar-refractivity contribution in [1.29, 1.82) is 0 Å². The molecule has 2 aromatic carbocycles. The van der Waals surface area contributed by atoms with E-state index in [1.807, 2.05) is 18.2 Å². The monoisotopic (exact) mass is 424 g/mol. The molecular weight excluding hydrogens is 396 g/mol. The molecule has 1 heterocycles. The van der Waals surface area contributed by atoms with Gasteiger partial charge in [0.25, 0.3) is 0 Å². The number of ketones is 1. The maximum atomic E-state index is 12.7. The van der Waals surface area contributed by atoms with Crippen molar-refractivity contribution in [2.45, 2.75) is 31.1 Å². The quantitative estimate of drug-likeness (QED) is 0.357. The van der Waals surface area contributed by atoms with Crippen molar-refractivity contribution in [2.24, 2.45) is 0 Å². The summed E-state index contributed by atoms with van der Waals surface area (Å²) < 4.78 is 7.30. The Morgan fingerprint density at radius 3 is 2.40 bits per heavy atom. The summed E-state index contributed by atoms with van der Waals surface area (Å²) in [4.78, 5) is 14.8. The largest absolute Gasteiger partial charge is 0.497 e. The predicted molar refractivity (Wildman–Crippen MR) is 120 cm³/mol. The molecule has 1 atom stereocenters. The number of hydrogen-bond acceptors (Lipinski definition) is 6. The summed E-state index contributed by atoms with van der Waals surface area (Å²) in [6, 6.07) is 17.6. The molecule has 1 aromatic heterocycles. The van der Waals surface area contributed by atoms with Gasteiger partial charge in [0.2, 0.25) is 0 Å². The first-order valence-corrected chi connectivity index (χ1v) is 11.0. The first-order valence-electron chi connectivity index (χ1n) is 9.97. The van der Waals surface area contributed by atoms with E-state index in [1.165, 1.54) is 17.3 Å². The van der Waals surface area contributed by atoms with E-state index >= 15 is 0 Å². The lowest BCUT2D eigenvalue weighted by molar-refractivity contribution is 0.102. The van der Waals surface area contributed by atoms with Gasteiger partial charge in [0.15, 0.2) is 16.8 Å². The molecule has 0 unspecified atom stereocenters. The molecule has 0 aliphatic carbocycles. The van der Waals surface area contributed by atoms with Gasteiger partial charge in [0.1, 0.15) is 5.75 Å². The molecule has 158 valence electrons. The fraction of sp³-hybridized carbons (Fsp3) is 0.348. The first kappa shape index (κ1) is 22.1. The predicted octanol–water partition coefficient (Wildman–Crippen LogP) is 4.32. The molecule has 0 fully saturated rings. The molecule has 0 aliphatic rings. The van der Waals surface area contributed by atoms with Crippen LogP contribution in [-0.2, 0) is 6.54 Å². The molecule has 0 bridgehead atoms. The number of carbonyl (C=O) groups is 1. The normalized spacial score (nSPS) is 12.2. The fourth-order valence-electron chi connectivity index (χ4n) is 3.34. The van der Waals surface area contributed by atoms with Crippen molar-refractivity contribution < 1.29 is 9.53 Å². The molecule has 0 saturated heterocycles. The van der Waals surface area contributed by atoms with Crippen LogP contribution < -0.4 is 4.74 Å². The third kappa shape index (κ3) is 5.29. The minimum absolute atomic E-state index is 0.0538. The van der Waals surface area contributed by atoms with Crippen LogP contribution in [0.25, 0.3) is 0 Å². The lowest BCUT2D eigenvalue weighted by Gasteiger charge is -2.23. The molecule has 6 nitrogen and oxygen atoms in total. The van der Waals surface area contributed by atoms with E-state index in [0.717, 1.165) is 23.2 Å². The van der Waals surface area contributed by atoms with Gasteiger partial charge in [-0.05, 0) is 50.3 Å². The Morgan fingerprint density at radius 1 is 1.10 bits per heavy atom. The average Bonchev–Trinajstić information content (AvgIpc) is 3.15. The van der Waals surface area contributed by atoms with Gasteiger partial charge >= 0.3 is 0 Å². The molecule has 0 spiro atoms. The van der Waals surface area contributed by atoms with Crippen LogP contribution in [-0.4, -0.2) is 52.4 Å². The summed E-state index contributed by atoms with van der Waals surface area (Å²) in [5, 5.41) is 9.69. The molecule has 3 aromatic rings. The van der Waals surface area contributed by atoms with Crippen molar-refractivity contribution in [3.05, 3.63) is 71.5 Å². The number of carbonyl (C=O) groups excluding carboxylic acids is 1. The fourth-order valence-corrected chi connectivity index (χ4v) is 4.18. The zero-order valence-electron chi connectivity index (χ0n) is 17.9. The van der Waals surface area contributed by atoms with Crippen molar-refractivity contribution in [3.63, 3.8) is 0 Å². The standard InChI is InChI=1S/C23H28N4O2S/c1-5-20(26(2)3)22-24-25-23(27(22)15-17-9-7-6-8-10-17)30-16-21(28)18-11-13-19(29-4)14-12-18/h6-14,20H,5,15-16H2,1-4H3/t20-/m1/s1. The number of methoxy groups -OCH3 is 1. The number of hydrogen-bond donors (Lipinski definition) is 0. The summed E-state index contributed by atoms with van der Waals surface area (Å²) >= 11 is 1.43. The van der Waals surface area contributed by atoms with E-state index in [1.54, 1.807) is 31.4 Å². The second kappa shape index (κ2) is 10.4. The Labute approximate surface area is 182 Å². The Hall–Kier alpha value is -2.64. The zero-order chi connectivity index (χ0) is 21.5. The minimum Gasteiger partial charge on any atom is -0.497 e. The van der Waals surface area contributed by atoms with Gasteiger partial charge in [-0.25, -0.2) is 0 Å². The Morgan fingerprint density at radius 2 is 1.80 bits per heavy atom. The molecule has 7 heteroatoms. The van der Waals surface area contributed by atoms with Crippen molar-refractivity contribution in [1.82, 2.24) is 19.7 Å². The zero-order valence-corrected chi connectivity index (χ0v) is 18.7. The van der Waals surface area contributed by atoms with Crippen LogP contribution in [0.5, 0.6) is 5.75 Å². The molecular formula is C23H28N4O2S. The smallest absolute Gasteiger partial charge is 0.192 e. The molecule has 0 saturated carbocycles. The van der Waals surface area contributed by atoms with Crippen LogP contribution in [0, 0.1) is 0 Å². The van der Waals surface area contributed by atoms with E-state index in [9.17, 15) is 4.79 Å². The van der Waals surface area contributed by atoms with Gasteiger partial charge in [-0.2, -0.15) is 0 Å². The first-order chi connectivity index (χ1) is 14.5. The number of benzene rings is 2. The van der Waals surface area contributed by atoms with Crippen molar-refractivity contribution in [2.75, 3.05) is 27.0 Å². The average molecular weight is 425 g/mol. The highest BCUT2D eigenvalue weighted by Gasteiger charge is 2.22. The Balaban J connectivity index is 1.82. The van der Waals surface area contributed by atoms with Gasteiger partial charge in [-0.3, -0.25) is 9.69 Å². The maximum absolute atomic E-state index is 12.7. The highest BCUT2D eigenvalue weighted by atomic mass is 32.2. The second-order valence-corrected chi connectivity index (χ2v) is 8.18. The van der Waals surface area contributed by atoms with Crippen LogP contribution in [0.4, 0.5) is 0 Å². The van der Waals surface area contributed by atoms with Crippen LogP contribution >= 0.6 is 11.8 Å². The molecule has 0 radical (unpaired) electrons. The lowest BCUT2D eigenvalue weighted by Crippen LogP contribution is -2.23. The van der Waals surface area contributed by atoms with Crippen LogP contribution in [0.15, 0.2) is 59.8 Å². The third-order valence-corrected chi connectivity index (χ3v) is 5.95. The number of thioether (sulfide) groups is 1. The summed E-state index contributed by atoms with van der Waals surface area (Å²) in [6.45, 7) is 2.82. The third-order valence-electron chi connectivity index (χ3n) is 4.98. The van der Waals surface area contributed by atoms with Gasteiger partial charge in [-0.1, -0.05) is 49.0 Å². The van der Waals surface area contributed by atoms with Gasteiger partial charge in [-0.15, -0.1) is 10.2 Å². The van der Waals surface area contributed by atoms with E-state index in [-0.39, 0.29) is 11.8 Å². The number of rotatable bonds is 10. The van der Waals surface area contributed by atoms with Crippen molar-refractivity contribution >= 4 is 17.5 Å². The number of nitrogens with zero attached hydrogens (tertiary/aromatic N) is 4. The van der Waals surface area contributed by atoms with Crippen LogP contribution in [0.1, 0.15) is 41.1 Å². The SMILES string of the molecule is CC[C@H](c1nnc(SCC(=O)c2ccc(OC)cc2)n1Cc1ccccc1)N(C)C. The van der Waals surface area contributed by atoms with Crippen molar-refractivity contribution in [3.8, 4) is 5.75 Å². The number of aromatic nitrogens is 3. The second-order valence-electron chi connectivity index (χ2n) is 7.24. The topological polar surface area (TPSA) is 60.2 Å². The van der Waals surface area contributed by atoms with Crippen LogP contribution in [0.3, 0.4) is 0 Å². The summed E-state index contributed by atoms with van der Waals surface area (Å²) in [5.74, 6) is 2.02. The highest BCUT2D eigenvalue weighted by Crippen LogP contribution is 2.27. The molecule has 30 heavy (non-hydrogen) atoms. The van der Waals surface area contributed by atoms with Crippen LogP contribution in [0.2, 0.25) is 0 Å². The van der Waals surface area contributed by atoms with Gasteiger partial charge < -0.3 is 9.30 Å². The summed E-state index contributed by atoms with van der Waals surface area (Å²) in [7, 11) is 5.71. The van der Waals surface area contributed by atoms with E-state index in [0.29, 0.717) is 17.9 Å². The summed E-state index contributed by atoms with van der Waals surface area (Å²) in [5.41, 5.74) is 1.84. The van der Waals surface area contributed by atoms with E-state index in [2.05, 4.69) is 52.8 Å². The molecule has 0 amide bonds. The number of Topliss-reactive ketones (excluding diaryl/α,β-unsaturated/α-hetero) is 1. The minimum atomic E-state index is 0.0538. The lowest BCUT2D eigenvalue weighted by atomic mass is 10.1. The molecule has 0 N–H and O–H groups in total. The summed E-state index contributed by atoms with van der Waals surface area (Å²) in [6.07, 6.45) is 0.926. The number of ether oxygens (including phenoxy) is 1. The molecule has 0 aliphatic heterocycles. The van der Waals surface area contributed by atoms with E-state index < -0.39 is 0 Å². The highest BCUT2D eigenvalue weighted by molar-refractivity contribution is 7.99. The molecule has 3 rings (SSSR count). The maximum Gasteiger partial charge on any atom is 0.192 e. The van der Waals surface area contributed by atoms with Gasteiger partial charge in [0, 0.05) is 5.56 Å². The Kier molecular flexibility index (Phi) is 7.65. The van der Waals surface area contributed by atoms with Gasteiger partial charge in [0.05, 0.1) is 25.4 Å². The Bertz CT molecular complexity index is 955. The van der Waals surface area contributed by atoms with E-state index in [4.69, 9.17) is 4.74 Å².